The molecule has 0 spiro atoms. The average molecular weight is 305 g/mol. The molecule has 3 heteroatoms. The lowest BCUT2D eigenvalue weighted by atomic mass is 9.93. The highest BCUT2D eigenvalue weighted by molar-refractivity contribution is 5.81. The lowest BCUT2D eigenvalue weighted by Gasteiger charge is -2.28. The molecule has 0 radical (unpaired) electrons. The summed E-state index contributed by atoms with van der Waals surface area (Å²) in [5, 5.41) is 3.15. The first-order valence-electron chi connectivity index (χ1n) is 8.30. The largest absolute Gasteiger partial charge is 0.480 e. The van der Waals surface area contributed by atoms with Crippen molar-refractivity contribution < 1.29 is 9.53 Å². The molecule has 0 saturated heterocycles. The van der Waals surface area contributed by atoms with Crippen molar-refractivity contribution in [2.24, 2.45) is 11.8 Å². The van der Waals surface area contributed by atoms with Gasteiger partial charge in [-0.3, -0.25) is 4.79 Å². The molecule has 22 heavy (non-hydrogen) atoms. The molecular formula is C19H31NO2. The highest BCUT2D eigenvalue weighted by Gasteiger charge is 2.25. The van der Waals surface area contributed by atoms with Gasteiger partial charge < -0.3 is 10.1 Å². The van der Waals surface area contributed by atoms with E-state index in [4.69, 9.17) is 4.74 Å². The van der Waals surface area contributed by atoms with Crippen LogP contribution in [0, 0.1) is 25.7 Å². The maximum atomic E-state index is 12.5. The molecule has 0 aromatic heterocycles. The van der Waals surface area contributed by atoms with Crippen molar-refractivity contribution in [2.45, 2.75) is 67.0 Å². The van der Waals surface area contributed by atoms with Crippen LogP contribution in [-0.2, 0) is 4.79 Å². The summed E-state index contributed by atoms with van der Waals surface area (Å²) in [4.78, 5) is 12.5. The minimum Gasteiger partial charge on any atom is -0.480 e. The van der Waals surface area contributed by atoms with Crippen LogP contribution in [0.4, 0.5) is 0 Å². The number of rotatable bonds is 7. The zero-order valence-electron chi connectivity index (χ0n) is 15.1. The lowest BCUT2D eigenvalue weighted by molar-refractivity contribution is -0.129. The van der Waals surface area contributed by atoms with Gasteiger partial charge in [-0.1, -0.05) is 52.3 Å². The van der Waals surface area contributed by atoms with E-state index < -0.39 is 6.10 Å². The zero-order valence-corrected chi connectivity index (χ0v) is 15.1. The van der Waals surface area contributed by atoms with Crippen LogP contribution in [0.2, 0.25) is 0 Å². The third-order valence-electron chi connectivity index (χ3n) is 4.01. The normalized spacial score (nSPS) is 12.8. The van der Waals surface area contributed by atoms with Crippen molar-refractivity contribution in [1.29, 1.82) is 0 Å². The Morgan fingerprint density at radius 2 is 1.73 bits per heavy atom. The zero-order chi connectivity index (χ0) is 16.9. The number of carbonyl (C=O) groups excluding carboxylic acids is 1. The first kappa shape index (κ1) is 18.5. The van der Waals surface area contributed by atoms with Crippen LogP contribution in [0.25, 0.3) is 0 Å². The maximum Gasteiger partial charge on any atom is 0.261 e. The maximum absolute atomic E-state index is 12.5. The molecule has 0 aliphatic carbocycles. The molecular weight excluding hydrogens is 274 g/mol. The highest BCUT2D eigenvalue weighted by Crippen LogP contribution is 2.21. The highest BCUT2D eigenvalue weighted by atomic mass is 16.5. The van der Waals surface area contributed by atoms with Gasteiger partial charge in [0.05, 0.1) is 0 Å². The Kier molecular flexibility index (Phi) is 6.92. The van der Waals surface area contributed by atoms with E-state index in [0.29, 0.717) is 18.3 Å². The number of amides is 1. The Labute approximate surface area is 135 Å². The number of hydrogen-bond donors (Lipinski definition) is 1. The van der Waals surface area contributed by atoms with Crippen molar-refractivity contribution >= 4 is 5.91 Å². The van der Waals surface area contributed by atoms with Crippen LogP contribution < -0.4 is 10.1 Å². The van der Waals surface area contributed by atoms with Crippen molar-refractivity contribution in [3.05, 3.63) is 29.3 Å². The topological polar surface area (TPSA) is 38.3 Å². The predicted octanol–water partition coefficient (Wildman–Crippen LogP) is 4.26. The van der Waals surface area contributed by atoms with E-state index in [-0.39, 0.29) is 11.9 Å². The standard InChI is InChI=1S/C19H31NO2/c1-8-16(19(21)20-18(12(2)3)13(4)5)22-17-10-9-14(6)11-15(17)7/h9-13,16,18H,8H2,1-7H3,(H,20,21)/t16-/m0/s1. The number of carbonyl (C=O) groups is 1. The molecule has 0 bridgehead atoms. The fourth-order valence-electron chi connectivity index (χ4n) is 2.77. The van der Waals surface area contributed by atoms with Crippen LogP contribution in [0.15, 0.2) is 18.2 Å². The third-order valence-corrected chi connectivity index (χ3v) is 4.01. The van der Waals surface area contributed by atoms with Gasteiger partial charge in [-0.15, -0.1) is 0 Å². The number of benzene rings is 1. The Morgan fingerprint density at radius 3 is 2.18 bits per heavy atom. The quantitative estimate of drug-likeness (QED) is 0.817. The van der Waals surface area contributed by atoms with Crippen LogP contribution in [0.5, 0.6) is 5.75 Å². The molecule has 1 atom stereocenters. The second-order valence-electron chi connectivity index (χ2n) is 6.81. The summed E-state index contributed by atoms with van der Waals surface area (Å²) < 4.78 is 5.96. The van der Waals surface area contributed by atoms with E-state index in [9.17, 15) is 4.79 Å². The Bertz CT molecular complexity index is 486. The van der Waals surface area contributed by atoms with Gasteiger partial charge in [0.1, 0.15) is 5.75 Å². The number of hydrogen-bond acceptors (Lipinski definition) is 2. The number of ether oxygens (including phenoxy) is 1. The van der Waals surface area contributed by atoms with E-state index in [0.717, 1.165) is 11.3 Å². The Hall–Kier alpha value is -1.51. The van der Waals surface area contributed by atoms with E-state index in [1.165, 1.54) is 5.56 Å². The summed E-state index contributed by atoms with van der Waals surface area (Å²) in [6.45, 7) is 14.6. The monoisotopic (exact) mass is 305 g/mol. The second kappa shape index (κ2) is 8.21. The first-order valence-corrected chi connectivity index (χ1v) is 8.30. The predicted molar refractivity (Wildman–Crippen MR) is 92.2 cm³/mol. The molecule has 0 unspecified atom stereocenters. The summed E-state index contributed by atoms with van der Waals surface area (Å²) in [5.41, 5.74) is 2.26. The fourth-order valence-corrected chi connectivity index (χ4v) is 2.77. The van der Waals surface area contributed by atoms with E-state index in [1.54, 1.807) is 0 Å². The van der Waals surface area contributed by atoms with Crippen molar-refractivity contribution in [2.75, 3.05) is 0 Å². The van der Waals surface area contributed by atoms with Gasteiger partial charge in [-0.05, 0) is 43.7 Å². The van der Waals surface area contributed by atoms with Gasteiger partial charge in [-0.25, -0.2) is 0 Å². The minimum atomic E-state index is -0.443. The molecule has 0 saturated carbocycles. The third kappa shape index (κ3) is 5.04. The van der Waals surface area contributed by atoms with Crippen molar-refractivity contribution in [3.8, 4) is 5.75 Å². The number of nitrogens with one attached hydrogen (secondary N) is 1. The summed E-state index contributed by atoms with van der Waals surface area (Å²) in [5.74, 6) is 1.58. The Morgan fingerprint density at radius 1 is 1.14 bits per heavy atom. The van der Waals surface area contributed by atoms with Gasteiger partial charge in [-0.2, -0.15) is 0 Å². The van der Waals surface area contributed by atoms with Gasteiger partial charge in [0.25, 0.3) is 5.91 Å². The van der Waals surface area contributed by atoms with Crippen LogP contribution >= 0.6 is 0 Å². The molecule has 1 aromatic rings. The molecule has 0 fully saturated rings. The molecule has 1 rings (SSSR count). The second-order valence-corrected chi connectivity index (χ2v) is 6.81. The smallest absolute Gasteiger partial charge is 0.261 e. The van der Waals surface area contributed by atoms with E-state index in [2.05, 4.69) is 46.0 Å². The molecule has 0 aliphatic heterocycles. The molecule has 0 aliphatic rings. The Balaban J connectivity index is 2.80. The summed E-state index contributed by atoms with van der Waals surface area (Å²) in [7, 11) is 0. The summed E-state index contributed by atoms with van der Waals surface area (Å²) in [6, 6.07) is 6.20. The van der Waals surface area contributed by atoms with E-state index >= 15 is 0 Å². The van der Waals surface area contributed by atoms with Gasteiger partial charge in [0.2, 0.25) is 0 Å². The fraction of sp³-hybridized carbons (Fsp3) is 0.632. The van der Waals surface area contributed by atoms with Crippen molar-refractivity contribution in [1.82, 2.24) is 5.32 Å². The van der Waals surface area contributed by atoms with Gasteiger partial charge >= 0.3 is 0 Å². The van der Waals surface area contributed by atoms with Crippen LogP contribution in [0.3, 0.4) is 0 Å². The van der Waals surface area contributed by atoms with E-state index in [1.807, 2.05) is 26.0 Å². The van der Waals surface area contributed by atoms with Gasteiger partial charge in [0.15, 0.2) is 6.10 Å². The van der Waals surface area contributed by atoms with Crippen LogP contribution in [-0.4, -0.2) is 18.1 Å². The molecule has 1 amide bonds. The number of aryl methyl sites for hydroxylation is 2. The lowest BCUT2D eigenvalue weighted by Crippen LogP contribution is -2.48. The van der Waals surface area contributed by atoms with Gasteiger partial charge in [0, 0.05) is 6.04 Å². The molecule has 0 heterocycles. The summed E-state index contributed by atoms with van der Waals surface area (Å²) >= 11 is 0. The van der Waals surface area contributed by atoms with Crippen LogP contribution in [0.1, 0.15) is 52.2 Å². The molecule has 1 aromatic carbocycles. The SMILES string of the molecule is CC[C@H](Oc1ccc(C)cc1C)C(=O)NC(C(C)C)C(C)C. The molecule has 3 nitrogen and oxygen atoms in total. The molecule has 1 N–H and O–H groups in total. The summed E-state index contributed by atoms with van der Waals surface area (Å²) in [6.07, 6.45) is 0.212. The average Bonchev–Trinajstić information content (AvgIpc) is 2.43. The minimum absolute atomic E-state index is 0.0186. The molecule has 124 valence electrons. The first-order chi connectivity index (χ1) is 10.3. The van der Waals surface area contributed by atoms with Crippen molar-refractivity contribution in [3.63, 3.8) is 0 Å².